The molecular formula is C10H16N4O2. The second kappa shape index (κ2) is 6.80. The molecule has 1 aliphatic heterocycles. The van der Waals surface area contributed by atoms with Crippen molar-refractivity contribution < 1.29 is 9.59 Å². The molecule has 6 heteroatoms. The Morgan fingerprint density at radius 3 is 3.12 bits per heavy atom. The van der Waals surface area contributed by atoms with Gasteiger partial charge in [-0.1, -0.05) is 0 Å². The minimum atomic E-state index is -0.268. The largest absolute Gasteiger partial charge is 0.355 e. The molecule has 3 N–H and O–H groups in total. The number of hydrogen-bond donors (Lipinski definition) is 3. The van der Waals surface area contributed by atoms with Gasteiger partial charge in [0.25, 0.3) is 0 Å². The molecule has 0 saturated carbocycles. The first-order valence-corrected chi connectivity index (χ1v) is 5.39. The maximum Gasteiger partial charge on any atom is 0.237 e. The third-order valence-electron chi connectivity index (χ3n) is 2.35. The molecule has 16 heavy (non-hydrogen) atoms. The number of nitrogens with one attached hydrogen (secondary N) is 3. The summed E-state index contributed by atoms with van der Waals surface area (Å²) in [6.45, 7) is 1.18. The second-order valence-corrected chi connectivity index (χ2v) is 3.62. The first-order chi connectivity index (χ1) is 7.74. The Morgan fingerprint density at radius 1 is 1.62 bits per heavy atom. The summed E-state index contributed by atoms with van der Waals surface area (Å²) in [5.41, 5.74) is 0. The maximum absolute atomic E-state index is 11.3. The van der Waals surface area contributed by atoms with Gasteiger partial charge >= 0.3 is 0 Å². The van der Waals surface area contributed by atoms with Gasteiger partial charge in [-0.15, -0.1) is 0 Å². The van der Waals surface area contributed by atoms with Gasteiger partial charge in [0.2, 0.25) is 11.8 Å². The van der Waals surface area contributed by atoms with Gasteiger partial charge in [0.05, 0.1) is 25.1 Å². The van der Waals surface area contributed by atoms with E-state index >= 15 is 0 Å². The van der Waals surface area contributed by atoms with Crippen molar-refractivity contribution in [1.29, 1.82) is 5.26 Å². The molecule has 0 radical (unpaired) electrons. The van der Waals surface area contributed by atoms with Gasteiger partial charge in [-0.05, 0) is 12.8 Å². The van der Waals surface area contributed by atoms with E-state index in [-0.39, 0.29) is 24.4 Å². The van der Waals surface area contributed by atoms with Crippen molar-refractivity contribution in [3.05, 3.63) is 0 Å². The second-order valence-electron chi connectivity index (χ2n) is 3.62. The predicted molar refractivity (Wildman–Crippen MR) is 57.3 cm³/mol. The third kappa shape index (κ3) is 4.28. The smallest absolute Gasteiger partial charge is 0.237 e. The van der Waals surface area contributed by atoms with Crippen LogP contribution in [-0.4, -0.2) is 37.5 Å². The first kappa shape index (κ1) is 12.5. The summed E-state index contributed by atoms with van der Waals surface area (Å²) in [5, 5.41) is 16.5. The standard InChI is InChI=1S/C10H16N4O2/c11-4-2-6-12-9(15)7-14-8-3-1-5-13-10(8)16/h8,14H,1-3,5-7H2,(H,12,15)(H,13,16). The molecule has 1 saturated heterocycles. The average molecular weight is 224 g/mol. The van der Waals surface area contributed by atoms with Gasteiger partial charge in [0, 0.05) is 13.1 Å². The zero-order chi connectivity index (χ0) is 11.8. The van der Waals surface area contributed by atoms with Crippen LogP contribution in [0.5, 0.6) is 0 Å². The fourth-order valence-electron chi connectivity index (χ4n) is 1.50. The van der Waals surface area contributed by atoms with Crippen LogP contribution in [0.2, 0.25) is 0 Å². The summed E-state index contributed by atoms with van der Waals surface area (Å²) >= 11 is 0. The van der Waals surface area contributed by atoms with Crippen molar-refractivity contribution in [2.75, 3.05) is 19.6 Å². The lowest BCUT2D eigenvalue weighted by molar-refractivity contribution is -0.125. The molecule has 0 bridgehead atoms. The Bertz CT molecular complexity index is 298. The molecule has 0 aromatic carbocycles. The van der Waals surface area contributed by atoms with Crippen molar-refractivity contribution >= 4 is 11.8 Å². The molecule has 1 heterocycles. The lowest BCUT2D eigenvalue weighted by Gasteiger charge is -2.22. The van der Waals surface area contributed by atoms with Crippen LogP contribution in [-0.2, 0) is 9.59 Å². The minimum Gasteiger partial charge on any atom is -0.355 e. The monoisotopic (exact) mass is 224 g/mol. The summed E-state index contributed by atoms with van der Waals surface area (Å²) in [5.74, 6) is -0.232. The molecule has 0 aromatic rings. The molecule has 6 nitrogen and oxygen atoms in total. The van der Waals surface area contributed by atoms with E-state index in [0.29, 0.717) is 19.5 Å². The SMILES string of the molecule is N#CCCNC(=O)CNC1CCCNC1=O. The van der Waals surface area contributed by atoms with Crippen LogP contribution in [0, 0.1) is 11.3 Å². The van der Waals surface area contributed by atoms with Gasteiger partial charge in [0.15, 0.2) is 0 Å². The van der Waals surface area contributed by atoms with Gasteiger partial charge in [0.1, 0.15) is 0 Å². The molecule has 88 valence electrons. The van der Waals surface area contributed by atoms with E-state index in [4.69, 9.17) is 5.26 Å². The van der Waals surface area contributed by atoms with Gasteiger partial charge in [-0.25, -0.2) is 0 Å². The molecule has 1 rings (SSSR count). The van der Waals surface area contributed by atoms with Crippen LogP contribution < -0.4 is 16.0 Å². The molecular weight excluding hydrogens is 208 g/mol. The van der Waals surface area contributed by atoms with Crippen LogP contribution in [0.25, 0.3) is 0 Å². The zero-order valence-electron chi connectivity index (χ0n) is 9.08. The quantitative estimate of drug-likeness (QED) is 0.516. The molecule has 1 fully saturated rings. The number of nitriles is 1. The number of carbonyl (C=O) groups excluding carboxylic acids is 2. The van der Waals surface area contributed by atoms with Crippen LogP contribution in [0.4, 0.5) is 0 Å². The van der Waals surface area contributed by atoms with Gasteiger partial charge < -0.3 is 10.6 Å². The van der Waals surface area contributed by atoms with E-state index in [9.17, 15) is 9.59 Å². The highest BCUT2D eigenvalue weighted by Crippen LogP contribution is 2.01. The number of rotatable bonds is 5. The summed E-state index contributed by atoms with van der Waals surface area (Å²) < 4.78 is 0. The molecule has 0 aromatic heterocycles. The van der Waals surface area contributed by atoms with E-state index in [1.807, 2.05) is 6.07 Å². The highest BCUT2D eigenvalue weighted by molar-refractivity contribution is 5.84. The van der Waals surface area contributed by atoms with E-state index < -0.39 is 0 Å². The average Bonchev–Trinajstić information content (AvgIpc) is 2.28. The van der Waals surface area contributed by atoms with Crippen LogP contribution in [0.1, 0.15) is 19.3 Å². The Hall–Kier alpha value is -1.61. The minimum absolute atomic E-state index is 0.0453. The Labute approximate surface area is 94.4 Å². The number of hydrogen-bond acceptors (Lipinski definition) is 4. The summed E-state index contributed by atoms with van der Waals surface area (Å²) in [6, 6.07) is 1.67. The fourth-order valence-corrected chi connectivity index (χ4v) is 1.50. The summed E-state index contributed by atoms with van der Waals surface area (Å²) in [4.78, 5) is 22.6. The van der Waals surface area contributed by atoms with Gasteiger partial charge in [-0.2, -0.15) is 5.26 Å². The highest BCUT2D eigenvalue weighted by atomic mass is 16.2. The van der Waals surface area contributed by atoms with E-state index in [0.717, 1.165) is 12.8 Å². The number of amides is 2. The molecule has 1 atom stereocenters. The van der Waals surface area contributed by atoms with Crippen LogP contribution >= 0.6 is 0 Å². The zero-order valence-corrected chi connectivity index (χ0v) is 9.08. The van der Waals surface area contributed by atoms with E-state index in [1.54, 1.807) is 0 Å². The normalized spacial score (nSPS) is 19.7. The first-order valence-electron chi connectivity index (χ1n) is 5.39. The molecule has 1 unspecified atom stereocenters. The number of carbonyl (C=O) groups is 2. The van der Waals surface area contributed by atoms with Crippen molar-refractivity contribution in [2.24, 2.45) is 0 Å². The Balaban J connectivity index is 2.15. The Kier molecular flexibility index (Phi) is 5.29. The highest BCUT2D eigenvalue weighted by Gasteiger charge is 2.21. The van der Waals surface area contributed by atoms with E-state index in [1.165, 1.54) is 0 Å². The Morgan fingerprint density at radius 2 is 2.44 bits per heavy atom. The maximum atomic E-state index is 11.3. The molecule has 2 amide bonds. The van der Waals surface area contributed by atoms with Gasteiger partial charge in [-0.3, -0.25) is 14.9 Å². The predicted octanol–water partition coefficient (Wildman–Crippen LogP) is -1.12. The third-order valence-corrected chi connectivity index (χ3v) is 2.35. The molecule has 1 aliphatic rings. The van der Waals surface area contributed by atoms with Crippen molar-refractivity contribution in [2.45, 2.75) is 25.3 Å². The lowest BCUT2D eigenvalue weighted by atomic mass is 10.1. The fraction of sp³-hybridized carbons (Fsp3) is 0.700. The van der Waals surface area contributed by atoms with Crippen molar-refractivity contribution in [3.63, 3.8) is 0 Å². The van der Waals surface area contributed by atoms with Crippen molar-refractivity contribution in [3.8, 4) is 6.07 Å². The summed E-state index contributed by atoms with van der Waals surface area (Å²) in [6.07, 6.45) is 1.99. The summed E-state index contributed by atoms with van der Waals surface area (Å²) in [7, 11) is 0. The van der Waals surface area contributed by atoms with Crippen molar-refractivity contribution in [1.82, 2.24) is 16.0 Å². The van der Waals surface area contributed by atoms with Crippen LogP contribution in [0.15, 0.2) is 0 Å². The lowest BCUT2D eigenvalue weighted by Crippen LogP contribution is -2.50. The number of nitrogens with zero attached hydrogens (tertiary/aromatic N) is 1. The van der Waals surface area contributed by atoms with E-state index in [2.05, 4.69) is 16.0 Å². The van der Waals surface area contributed by atoms with Crippen LogP contribution in [0.3, 0.4) is 0 Å². The number of piperidine rings is 1. The molecule has 0 aliphatic carbocycles. The topological polar surface area (TPSA) is 94.0 Å². The molecule has 0 spiro atoms.